The molecule has 3 aromatic heterocycles. The van der Waals surface area contributed by atoms with E-state index in [9.17, 15) is 0 Å². The van der Waals surface area contributed by atoms with Gasteiger partial charge in [0.05, 0.1) is 31.2 Å². The Hall–Kier alpha value is -3.17. The van der Waals surface area contributed by atoms with Crippen LogP contribution in [0.25, 0.3) is 28.0 Å². The molecule has 1 aromatic carbocycles. The van der Waals surface area contributed by atoms with Crippen molar-refractivity contribution in [2.75, 3.05) is 13.2 Å². The summed E-state index contributed by atoms with van der Waals surface area (Å²) in [4.78, 5) is 9.28. The molecule has 0 amide bonds. The second kappa shape index (κ2) is 9.13. The minimum Gasteiger partial charge on any atom is -0.380 e. The number of nitrogens with two attached hydrogens (primary N) is 1. The highest BCUT2D eigenvalue weighted by atomic mass is 16.5. The Morgan fingerprint density at radius 3 is 2.78 bits per heavy atom. The van der Waals surface area contributed by atoms with Gasteiger partial charge in [-0.15, -0.1) is 5.10 Å². The van der Waals surface area contributed by atoms with E-state index in [-0.39, 0.29) is 0 Å². The topological polar surface area (TPSA) is 110 Å². The van der Waals surface area contributed by atoms with E-state index in [4.69, 9.17) is 15.5 Å². The molecule has 9 heteroatoms. The summed E-state index contributed by atoms with van der Waals surface area (Å²) in [6.45, 7) is 4.11. The molecule has 4 aromatic rings. The van der Waals surface area contributed by atoms with E-state index in [1.807, 2.05) is 36.1 Å². The normalized spacial score (nSPS) is 18.6. The van der Waals surface area contributed by atoms with Crippen molar-refractivity contribution in [2.45, 2.75) is 45.2 Å². The molecular formula is C23H28N8O. The number of hydrogen-bond donors (Lipinski definition) is 1. The third kappa shape index (κ3) is 4.39. The minimum absolute atomic E-state index is 0.311. The lowest BCUT2D eigenvalue weighted by molar-refractivity contribution is 0.136. The largest absolute Gasteiger partial charge is 0.380 e. The highest BCUT2D eigenvalue weighted by Gasteiger charge is 2.23. The number of hydrogen-bond acceptors (Lipinski definition) is 7. The fourth-order valence-electron chi connectivity index (χ4n) is 4.33. The van der Waals surface area contributed by atoms with Gasteiger partial charge in [0.15, 0.2) is 11.2 Å². The standard InChI is InChI=1S/C23H28N8O/c1-2-32-10-9-30-15-18(13-26-30)17-4-7-20(8-5-17)31-23-21(28-29-31)14-25-22(27-23)12-16-3-6-19(24)11-16/h4-5,7-8,13-16,19H,2-3,6,9-12,24H2,1H3/t16-,19-/m1/s1. The van der Waals surface area contributed by atoms with E-state index in [1.165, 1.54) is 0 Å². The molecule has 1 saturated carbocycles. The van der Waals surface area contributed by atoms with Gasteiger partial charge < -0.3 is 10.5 Å². The maximum atomic E-state index is 6.06. The molecule has 166 valence electrons. The van der Waals surface area contributed by atoms with E-state index in [1.54, 1.807) is 10.9 Å². The molecular weight excluding hydrogens is 404 g/mol. The molecule has 5 rings (SSSR count). The van der Waals surface area contributed by atoms with Crippen molar-refractivity contribution >= 4 is 11.2 Å². The summed E-state index contributed by atoms with van der Waals surface area (Å²) in [5.41, 5.74) is 10.5. The van der Waals surface area contributed by atoms with Gasteiger partial charge in [-0.25, -0.2) is 9.97 Å². The Morgan fingerprint density at radius 2 is 2.00 bits per heavy atom. The Morgan fingerprint density at radius 1 is 1.12 bits per heavy atom. The highest BCUT2D eigenvalue weighted by molar-refractivity contribution is 5.71. The zero-order chi connectivity index (χ0) is 21.9. The monoisotopic (exact) mass is 432 g/mol. The fourth-order valence-corrected chi connectivity index (χ4v) is 4.33. The predicted molar refractivity (Wildman–Crippen MR) is 121 cm³/mol. The molecule has 32 heavy (non-hydrogen) atoms. The van der Waals surface area contributed by atoms with E-state index in [0.29, 0.717) is 30.7 Å². The molecule has 0 aliphatic heterocycles. The Kier molecular flexibility index (Phi) is 5.91. The molecule has 9 nitrogen and oxygen atoms in total. The summed E-state index contributed by atoms with van der Waals surface area (Å²) < 4.78 is 9.08. The lowest BCUT2D eigenvalue weighted by atomic mass is 10.0. The first kappa shape index (κ1) is 20.7. The maximum absolute atomic E-state index is 6.06. The number of fused-ring (bicyclic) bond motifs is 1. The van der Waals surface area contributed by atoms with Crippen LogP contribution in [0.5, 0.6) is 0 Å². The highest BCUT2D eigenvalue weighted by Crippen LogP contribution is 2.27. The third-order valence-electron chi connectivity index (χ3n) is 6.04. The maximum Gasteiger partial charge on any atom is 0.187 e. The van der Waals surface area contributed by atoms with Crippen LogP contribution in [-0.2, 0) is 17.7 Å². The summed E-state index contributed by atoms with van der Waals surface area (Å²) >= 11 is 0. The molecule has 0 radical (unpaired) electrons. The quantitative estimate of drug-likeness (QED) is 0.426. The summed E-state index contributed by atoms with van der Waals surface area (Å²) in [6, 6.07) is 8.49. The van der Waals surface area contributed by atoms with Crippen LogP contribution in [0.1, 0.15) is 32.0 Å². The van der Waals surface area contributed by atoms with Gasteiger partial charge in [0.2, 0.25) is 0 Å². The third-order valence-corrected chi connectivity index (χ3v) is 6.04. The van der Waals surface area contributed by atoms with E-state index >= 15 is 0 Å². The van der Waals surface area contributed by atoms with Crippen LogP contribution < -0.4 is 5.73 Å². The lowest BCUT2D eigenvalue weighted by Gasteiger charge is -2.08. The minimum atomic E-state index is 0.311. The van der Waals surface area contributed by atoms with Gasteiger partial charge in [-0.05, 0) is 49.8 Å². The van der Waals surface area contributed by atoms with Crippen LogP contribution in [0.15, 0.2) is 42.9 Å². The molecule has 1 aliphatic rings. The van der Waals surface area contributed by atoms with Crippen LogP contribution in [0.4, 0.5) is 0 Å². The predicted octanol–water partition coefficient (Wildman–Crippen LogP) is 2.78. The summed E-state index contributed by atoms with van der Waals surface area (Å²) in [5.74, 6) is 1.39. The van der Waals surface area contributed by atoms with Gasteiger partial charge in [0.25, 0.3) is 0 Å². The summed E-state index contributed by atoms with van der Waals surface area (Å²) in [7, 11) is 0. The first-order valence-corrected chi connectivity index (χ1v) is 11.2. The van der Waals surface area contributed by atoms with Gasteiger partial charge in [-0.3, -0.25) is 4.68 Å². The molecule has 0 unspecified atom stereocenters. The number of nitrogens with zero attached hydrogens (tertiary/aromatic N) is 7. The van der Waals surface area contributed by atoms with Crippen molar-refractivity contribution in [3.8, 4) is 16.8 Å². The molecule has 1 aliphatic carbocycles. The SMILES string of the molecule is CCOCCn1cc(-c2ccc(-n3nnc4cnc(C[C@@H]5CC[C@@H](N)C5)nc43)cc2)cn1. The number of ether oxygens (including phenoxy) is 1. The second-order valence-corrected chi connectivity index (χ2v) is 8.38. The fraction of sp³-hybridized carbons (Fsp3) is 0.435. The van der Waals surface area contributed by atoms with Crippen molar-refractivity contribution in [1.82, 2.24) is 34.7 Å². The van der Waals surface area contributed by atoms with Crippen LogP contribution in [0.3, 0.4) is 0 Å². The van der Waals surface area contributed by atoms with Gasteiger partial charge in [0.1, 0.15) is 5.82 Å². The van der Waals surface area contributed by atoms with Crippen LogP contribution in [0, 0.1) is 5.92 Å². The zero-order valence-electron chi connectivity index (χ0n) is 18.3. The number of aromatic nitrogens is 7. The Labute approximate surface area is 186 Å². The van der Waals surface area contributed by atoms with Crippen molar-refractivity contribution in [2.24, 2.45) is 11.7 Å². The van der Waals surface area contributed by atoms with Gasteiger partial charge in [-0.1, -0.05) is 17.3 Å². The smallest absolute Gasteiger partial charge is 0.187 e. The van der Waals surface area contributed by atoms with Crippen molar-refractivity contribution < 1.29 is 4.74 Å². The summed E-state index contributed by atoms with van der Waals surface area (Å²) in [6.07, 6.45) is 9.80. The van der Waals surface area contributed by atoms with Crippen molar-refractivity contribution in [1.29, 1.82) is 0 Å². The second-order valence-electron chi connectivity index (χ2n) is 8.38. The van der Waals surface area contributed by atoms with E-state index in [2.05, 4.69) is 32.5 Å². The zero-order valence-corrected chi connectivity index (χ0v) is 18.3. The molecule has 0 saturated heterocycles. The van der Waals surface area contributed by atoms with Crippen LogP contribution in [0.2, 0.25) is 0 Å². The van der Waals surface area contributed by atoms with Gasteiger partial charge >= 0.3 is 0 Å². The average Bonchev–Trinajstić information content (AvgIpc) is 3.54. The van der Waals surface area contributed by atoms with E-state index in [0.717, 1.165) is 60.5 Å². The molecule has 1 fully saturated rings. The first-order valence-electron chi connectivity index (χ1n) is 11.2. The molecule has 0 bridgehead atoms. The Balaban J connectivity index is 1.34. The molecule has 2 atom stereocenters. The number of rotatable bonds is 8. The number of benzene rings is 1. The van der Waals surface area contributed by atoms with Crippen molar-refractivity contribution in [3.63, 3.8) is 0 Å². The lowest BCUT2D eigenvalue weighted by Crippen LogP contribution is -2.15. The van der Waals surface area contributed by atoms with Crippen LogP contribution in [-0.4, -0.2) is 54.0 Å². The first-order chi connectivity index (χ1) is 15.7. The van der Waals surface area contributed by atoms with E-state index < -0.39 is 0 Å². The average molecular weight is 433 g/mol. The van der Waals surface area contributed by atoms with Gasteiger partial charge in [0, 0.05) is 30.8 Å². The molecule has 3 heterocycles. The molecule has 2 N–H and O–H groups in total. The van der Waals surface area contributed by atoms with Crippen LogP contribution >= 0.6 is 0 Å². The van der Waals surface area contributed by atoms with Gasteiger partial charge in [-0.2, -0.15) is 9.78 Å². The molecule has 0 spiro atoms. The summed E-state index contributed by atoms with van der Waals surface area (Å²) in [5, 5.41) is 13.0. The van der Waals surface area contributed by atoms with Crippen molar-refractivity contribution in [3.05, 3.63) is 48.7 Å². The Bertz CT molecular complexity index is 1180.